The molecule has 0 unspecified atom stereocenters. The smallest absolute Gasteiger partial charge is 0.225 e. The lowest BCUT2D eigenvalue weighted by Crippen LogP contribution is -2.32. The zero-order valence-corrected chi connectivity index (χ0v) is 13.9. The van der Waals surface area contributed by atoms with Crippen molar-refractivity contribution in [2.75, 3.05) is 6.54 Å². The van der Waals surface area contributed by atoms with Gasteiger partial charge in [0.1, 0.15) is 0 Å². The lowest BCUT2D eigenvalue weighted by molar-refractivity contribution is -0.129. The van der Waals surface area contributed by atoms with Crippen LogP contribution in [0.25, 0.3) is 0 Å². The standard InChI is InChI=1S/C20H22N2O2/c1-15-6-5-9-17(10-15)12-21-20(24)18-11-19(23)22(14-18)13-16-7-3-2-4-8-16/h2-10,18H,11-14H2,1H3,(H,21,24)/t18-/m0/s1. The first-order valence-electron chi connectivity index (χ1n) is 8.27. The minimum Gasteiger partial charge on any atom is -0.352 e. The van der Waals surface area contributed by atoms with Gasteiger partial charge >= 0.3 is 0 Å². The van der Waals surface area contributed by atoms with E-state index in [0.717, 1.165) is 11.1 Å². The van der Waals surface area contributed by atoms with Crippen molar-refractivity contribution in [1.29, 1.82) is 0 Å². The Balaban J connectivity index is 1.54. The maximum absolute atomic E-state index is 12.4. The van der Waals surface area contributed by atoms with Gasteiger partial charge in [-0.2, -0.15) is 0 Å². The molecule has 0 spiro atoms. The van der Waals surface area contributed by atoms with Gasteiger partial charge in [-0.15, -0.1) is 0 Å². The molecule has 0 bridgehead atoms. The number of hydrogen-bond acceptors (Lipinski definition) is 2. The zero-order valence-electron chi connectivity index (χ0n) is 13.9. The number of nitrogens with one attached hydrogen (secondary N) is 1. The highest BCUT2D eigenvalue weighted by Gasteiger charge is 2.33. The molecule has 0 radical (unpaired) electrons. The van der Waals surface area contributed by atoms with Crippen LogP contribution in [-0.4, -0.2) is 23.3 Å². The maximum Gasteiger partial charge on any atom is 0.225 e. The summed E-state index contributed by atoms with van der Waals surface area (Å²) in [7, 11) is 0. The van der Waals surface area contributed by atoms with Gasteiger partial charge in [-0.3, -0.25) is 9.59 Å². The molecule has 1 saturated heterocycles. The van der Waals surface area contributed by atoms with Gasteiger partial charge in [0.05, 0.1) is 5.92 Å². The number of nitrogens with zero attached hydrogens (tertiary/aromatic N) is 1. The first-order valence-corrected chi connectivity index (χ1v) is 8.27. The third-order valence-corrected chi connectivity index (χ3v) is 4.35. The Morgan fingerprint density at radius 2 is 1.88 bits per heavy atom. The molecule has 3 rings (SSSR count). The minimum atomic E-state index is -0.258. The van der Waals surface area contributed by atoms with Crippen LogP contribution in [0.1, 0.15) is 23.1 Å². The first kappa shape index (κ1) is 16.2. The van der Waals surface area contributed by atoms with Crippen LogP contribution in [0, 0.1) is 12.8 Å². The van der Waals surface area contributed by atoms with E-state index in [-0.39, 0.29) is 17.7 Å². The van der Waals surface area contributed by atoms with Gasteiger partial charge in [0.25, 0.3) is 0 Å². The third-order valence-electron chi connectivity index (χ3n) is 4.35. The Morgan fingerprint density at radius 1 is 1.12 bits per heavy atom. The number of benzene rings is 2. The SMILES string of the molecule is Cc1cccc(CNC(=O)[C@H]2CC(=O)N(Cc3ccccc3)C2)c1. The topological polar surface area (TPSA) is 49.4 Å². The summed E-state index contributed by atoms with van der Waals surface area (Å²) < 4.78 is 0. The van der Waals surface area contributed by atoms with Gasteiger partial charge in [0, 0.05) is 26.1 Å². The van der Waals surface area contributed by atoms with Crippen LogP contribution in [0.3, 0.4) is 0 Å². The average Bonchev–Trinajstić information content (AvgIpc) is 2.95. The molecule has 1 N–H and O–H groups in total. The summed E-state index contributed by atoms with van der Waals surface area (Å²) in [5, 5.41) is 2.96. The number of carbonyl (C=O) groups is 2. The minimum absolute atomic E-state index is 0.0413. The fraction of sp³-hybridized carbons (Fsp3) is 0.300. The van der Waals surface area contributed by atoms with E-state index < -0.39 is 0 Å². The summed E-state index contributed by atoms with van der Waals surface area (Å²) in [6.07, 6.45) is 0.298. The van der Waals surface area contributed by atoms with Crippen molar-refractivity contribution in [2.24, 2.45) is 5.92 Å². The zero-order chi connectivity index (χ0) is 16.9. The first-order chi connectivity index (χ1) is 11.6. The molecule has 0 aromatic heterocycles. The van der Waals surface area contributed by atoms with Crippen LogP contribution < -0.4 is 5.32 Å². The van der Waals surface area contributed by atoms with Gasteiger partial charge in [0.2, 0.25) is 11.8 Å². The molecule has 0 aliphatic carbocycles. The molecule has 0 saturated carbocycles. The number of rotatable bonds is 5. The highest BCUT2D eigenvalue weighted by molar-refractivity contribution is 5.89. The summed E-state index contributed by atoms with van der Waals surface area (Å²) in [4.78, 5) is 26.3. The molecular formula is C20H22N2O2. The molecule has 1 fully saturated rings. The van der Waals surface area contributed by atoms with Gasteiger partial charge < -0.3 is 10.2 Å². The summed E-state index contributed by atoms with van der Waals surface area (Å²) in [5.74, 6) is -0.249. The number of aryl methyl sites for hydroxylation is 1. The average molecular weight is 322 g/mol. The van der Waals surface area contributed by atoms with Crippen LogP contribution in [-0.2, 0) is 22.7 Å². The molecular weight excluding hydrogens is 300 g/mol. The number of carbonyl (C=O) groups excluding carboxylic acids is 2. The lowest BCUT2D eigenvalue weighted by Gasteiger charge is -2.16. The molecule has 2 aromatic rings. The second-order valence-corrected chi connectivity index (χ2v) is 6.37. The van der Waals surface area contributed by atoms with E-state index >= 15 is 0 Å². The lowest BCUT2D eigenvalue weighted by atomic mass is 10.1. The Kier molecular flexibility index (Phi) is 4.94. The molecule has 1 aliphatic rings. The normalized spacial score (nSPS) is 17.1. The number of hydrogen-bond donors (Lipinski definition) is 1. The van der Waals surface area contributed by atoms with Crippen LogP contribution >= 0.6 is 0 Å². The predicted molar refractivity (Wildman–Crippen MR) is 93.0 cm³/mol. The second kappa shape index (κ2) is 7.30. The summed E-state index contributed by atoms with van der Waals surface area (Å²) in [5.41, 5.74) is 3.34. The monoisotopic (exact) mass is 322 g/mol. The molecule has 2 aromatic carbocycles. The summed E-state index contributed by atoms with van der Waals surface area (Å²) in [6.45, 7) is 3.60. The van der Waals surface area contributed by atoms with Gasteiger partial charge in [0.15, 0.2) is 0 Å². The van der Waals surface area contributed by atoms with Crippen LogP contribution in [0.15, 0.2) is 54.6 Å². The molecule has 1 atom stereocenters. The van der Waals surface area contributed by atoms with E-state index in [1.165, 1.54) is 5.56 Å². The Hall–Kier alpha value is -2.62. The molecule has 1 aliphatic heterocycles. The van der Waals surface area contributed by atoms with E-state index in [1.54, 1.807) is 4.90 Å². The molecule has 4 nitrogen and oxygen atoms in total. The van der Waals surface area contributed by atoms with Gasteiger partial charge in [-0.05, 0) is 18.1 Å². The largest absolute Gasteiger partial charge is 0.352 e. The van der Waals surface area contributed by atoms with E-state index in [2.05, 4.69) is 11.4 Å². The fourth-order valence-electron chi connectivity index (χ4n) is 3.06. The highest BCUT2D eigenvalue weighted by Crippen LogP contribution is 2.20. The third kappa shape index (κ3) is 4.02. The van der Waals surface area contributed by atoms with Crippen LogP contribution in [0.5, 0.6) is 0 Å². The van der Waals surface area contributed by atoms with Gasteiger partial charge in [-0.1, -0.05) is 60.2 Å². The van der Waals surface area contributed by atoms with E-state index in [1.807, 2.05) is 55.5 Å². The molecule has 24 heavy (non-hydrogen) atoms. The van der Waals surface area contributed by atoms with E-state index in [4.69, 9.17) is 0 Å². The molecule has 1 heterocycles. The Morgan fingerprint density at radius 3 is 2.62 bits per heavy atom. The van der Waals surface area contributed by atoms with Crippen molar-refractivity contribution < 1.29 is 9.59 Å². The summed E-state index contributed by atoms with van der Waals surface area (Å²) >= 11 is 0. The number of amides is 2. The Labute approximate surface area is 142 Å². The van der Waals surface area contributed by atoms with Gasteiger partial charge in [-0.25, -0.2) is 0 Å². The Bertz CT molecular complexity index is 727. The molecule has 4 heteroatoms. The maximum atomic E-state index is 12.4. The van der Waals surface area contributed by atoms with E-state index in [9.17, 15) is 9.59 Å². The predicted octanol–water partition coefficient (Wildman–Crippen LogP) is 2.66. The second-order valence-electron chi connectivity index (χ2n) is 6.37. The quantitative estimate of drug-likeness (QED) is 0.920. The van der Waals surface area contributed by atoms with Crippen molar-refractivity contribution in [3.8, 4) is 0 Å². The van der Waals surface area contributed by atoms with Crippen LogP contribution in [0.4, 0.5) is 0 Å². The van der Waals surface area contributed by atoms with Crippen molar-refractivity contribution in [3.63, 3.8) is 0 Å². The molecule has 2 amide bonds. The van der Waals surface area contributed by atoms with Crippen molar-refractivity contribution >= 4 is 11.8 Å². The summed E-state index contributed by atoms with van der Waals surface area (Å²) in [6, 6.07) is 17.9. The molecule has 124 valence electrons. The van der Waals surface area contributed by atoms with Crippen LogP contribution in [0.2, 0.25) is 0 Å². The highest BCUT2D eigenvalue weighted by atomic mass is 16.2. The van der Waals surface area contributed by atoms with E-state index in [0.29, 0.717) is 26.1 Å². The number of likely N-dealkylation sites (tertiary alicyclic amines) is 1. The fourth-order valence-corrected chi connectivity index (χ4v) is 3.06. The van der Waals surface area contributed by atoms with Crippen molar-refractivity contribution in [3.05, 3.63) is 71.3 Å². The van der Waals surface area contributed by atoms with Crippen molar-refractivity contribution in [2.45, 2.75) is 26.4 Å². The van der Waals surface area contributed by atoms with Crippen molar-refractivity contribution in [1.82, 2.24) is 10.2 Å².